The fraction of sp³-hybridized carbons (Fsp3) is 0.188. The van der Waals surface area contributed by atoms with Gasteiger partial charge in [0, 0.05) is 10.0 Å². The Morgan fingerprint density at radius 3 is 2.59 bits per heavy atom. The summed E-state index contributed by atoms with van der Waals surface area (Å²) in [4.78, 5) is 12.2. The molecular weight excluding hydrogens is 350 g/mol. The second-order valence-electron chi connectivity index (χ2n) is 4.67. The average Bonchev–Trinajstić information content (AvgIpc) is 2.85. The molecule has 1 atom stereocenters. The highest BCUT2D eigenvalue weighted by atomic mass is 79.9. The summed E-state index contributed by atoms with van der Waals surface area (Å²) < 4.78 is 16.8. The molecule has 2 aromatic carbocycles. The maximum atomic E-state index is 12.2. The van der Waals surface area contributed by atoms with Crippen LogP contribution in [0.3, 0.4) is 0 Å². The molecule has 3 rings (SSSR count). The fourth-order valence-electron chi connectivity index (χ4n) is 2.43. The molecule has 1 aliphatic rings. The maximum Gasteiger partial charge on any atom is 0.344 e. The zero-order valence-corrected chi connectivity index (χ0v) is 13.6. The summed E-state index contributed by atoms with van der Waals surface area (Å²) in [7, 11) is 3.03. The summed E-state index contributed by atoms with van der Waals surface area (Å²) in [5, 5.41) is 3.20. The number of anilines is 1. The van der Waals surface area contributed by atoms with Gasteiger partial charge in [-0.25, -0.2) is 4.79 Å². The van der Waals surface area contributed by atoms with Crippen molar-refractivity contribution < 1.29 is 19.0 Å². The van der Waals surface area contributed by atoms with E-state index in [1.54, 1.807) is 12.1 Å². The van der Waals surface area contributed by atoms with Crippen LogP contribution in [0.5, 0.6) is 11.5 Å². The molecule has 2 aromatic rings. The van der Waals surface area contributed by atoms with E-state index in [4.69, 9.17) is 14.2 Å². The van der Waals surface area contributed by atoms with Gasteiger partial charge in [-0.3, -0.25) is 0 Å². The van der Waals surface area contributed by atoms with E-state index in [1.807, 2.05) is 24.3 Å². The summed E-state index contributed by atoms with van der Waals surface area (Å²) in [5.41, 5.74) is 1.95. The van der Waals surface area contributed by atoms with E-state index < -0.39 is 12.2 Å². The van der Waals surface area contributed by atoms with Crippen LogP contribution in [-0.2, 0) is 4.74 Å². The molecule has 5 nitrogen and oxygen atoms in total. The Morgan fingerprint density at radius 1 is 1.14 bits per heavy atom. The minimum Gasteiger partial charge on any atom is -0.493 e. The fourth-order valence-corrected chi connectivity index (χ4v) is 2.83. The number of rotatable bonds is 4. The lowest BCUT2D eigenvalue weighted by molar-refractivity contribution is 0.0435. The Kier molecular flexibility index (Phi) is 3.94. The van der Waals surface area contributed by atoms with Crippen LogP contribution in [0.15, 0.2) is 40.9 Å². The number of ether oxygens (including phenoxy) is 3. The number of nitrogens with one attached hydrogen (secondary N) is 1. The molecule has 114 valence electrons. The molecule has 0 unspecified atom stereocenters. The number of hydrogen-bond donors (Lipinski definition) is 1. The third-order valence-electron chi connectivity index (χ3n) is 3.45. The second kappa shape index (κ2) is 5.88. The topological polar surface area (TPSA) is 56.8 Å². The molecule has 0 bridgehead atoms. The molecule has 0 saturated carbocycles. The van der Waals surface area contributed by atoms with Crippen molar-refractivity contribution in [3.8, 4) is 11.5 Å². The van der Waals surface area contributed by atoms with E-state index >= 15 is 0 Å². The van der Waals surface area contributed by atoms with Gasteiger partial charge in [0.1, 0.15) is 5.56 Å². The van der Waals surface area contributed by atoms with E-state index in [1.165, 1.54) is 14.2 Å². The lowest BCUT2D eigenvalue weighted by atomic mass is 10.1. The van der Waals surface area contributed by atoms with Crippen molar-refractivity contribution in [2.45, 2.75) is 6.23 Å². The lowest BCUT2D eigenvalue weighted by Gasteiger charge is -2.16. The number of halogens is 1. The Morgan fingerprint density at radius 2 is 1.91 bits per heavy atom. The molecule has 1 aliphatic heterocycles. The molecule has 1 heterocycles. The van der Waals surface area contributed by atoms with Crippen LogP contribution >= 0.6 is 15.9 Å². The molecule has 0 spiro atoms. The number of carbonyl (C=O) groups excluding carboxylic acids is 1. The van der Waals surface area contributed by atoms with Crippen LogP contribution in [0.2, 0.25) is 0 Å². The van der Waals surface area contributed by atoms with Crippen molar-refractivity contribution in [3.63, 3.8) is 0 Å². The van der Waals surface area contributed by atoms with Gasteiger partial charge in [0.15, 0.2) is 11.5 Å². The molecule has 1 N–H and O–H groups in total. The van der Waals surface area contributed by atoms with Crippen LogP contribution in [0.4, 0.5) is 5.69 Å². The molecule has 6 heteroatoms. The standard InChI is InChI=1S/C16H14BrNO4/c1-20-12-8-7-9-13(14(12)21-2)16(19)22-15(9)18-11-6-4-3-5-10(11)17/h3-8,15,18H,1-2H3/t15-/m1/s1. The first-order valence-corrected chi connectivity index (χ1v) is 7.42. The van der Waals surface area contributed by atoms with Crippen molar-refractivity contribution >= 4 is 27.6 Å². The Bertz CT molecular complexity index is 732. The van der Waals surface area contributed by atoms with Gasteiger partial charge in [-0.2, -0.15) is 0 Å². The zero-order valence-electron chi connectivity index (χ0n) is 12.1. The van der Waals surface area contributed by atoms with E-state index in [0.29, 0.717) is 17.1 Å². The van der Waals surface area contributed by atoms with Crippen molar-refractivity contribution in [2.24, 2.45) is 0 Å². The highest BCUT2D eigenvalue weighted by molar-refractivity contribution is 9.10. The van der Waals surface area contributed by atoms with Gasteiger partial charge in [-0.1, -0.05) is 12.1 Å². The van der Waals surface area contributed by atoms with Gasteiger partial charge in [-0.15, -0.1) is 0 Å². The normalized spacial score (nSPS) is 16.0. The minimum absolute atomic E-state index is 0.390. The van der Waals surface area contributed by atoms with E-state index in [-0.39, 0.29) is 0 Å². The number of cyclic esters (lactones) is 1. The van der Waals surface area contributed by atoms with E-state index in [0.717, 1.165) is 15.7 Å². The molecule has 0 aromatic heterocycles. The zero-order chi connectivity index (χ0) is 15.7. The van der Waals surface area contributed by atoms with Crippen molar-refractivity contribution in [1.29, 1.82) is 0 Å². The highest BCUT2D eigenvalue weighted by Crippen LogP contribution is 2.42. The number of benzene rings is 2. The van der Waals surface area contributed by atoms with Crippen LogP contribution in [0, 0.1) is 0 Å². The van der Waals surface area contributed by atoms with Gasteiger partial charge >= 0.3 is 5.97 Å². The van der Waals surface area contributed by atoms with Crippen LogP contribution in [0.25, 0.3) is 0 Å². The van der Waals surface area contributed by atoms with Gasteiger partial charge in [-0.05, 0) is 40.2 Å². The van der Waals surface area contributed by atoms with E-state index in [2.05, 4.69) is 21.2 Å². The first kappa shape index (κ1) is 14.7. The quantitative estimate of drug-likeness (QED) is 0.838. The molecule has 0 amide bonds. The molecule has 0 aliphatic carbocycles. The van der Waals surface area contributed by atoms with E-state index in [9.17, 15) is 4.79 Å². The number of esters is 1. The average molecular weight is 364 g/mol. The number of methoxy groups -OCH3 is 2. The van der Waals surface area contributed by atoms with Gasteiger partial charge in [0.05, 0.1) is 19.9 Å². The highest BCUT2D eigenvalue weighted by Gasteiger charge is 2.36. The molecule has 0 saturated heterocycles. The largest absolute Gasteiger partial charge is 0.493 e. The number of carbonyl (C=O) groups is 1. The summed E-state index contributed by atoms with van der Waals surface area (Å²) in [6.07, 6.45) is -0.569. The Balaban J connectivity index is 2.00. The third-order valence-corrected chi connectivity index (χ3v) is 4.14. The lowest BCUT2D eigenvalue weighted by Crippen LogP contribution is -2.10. The monoisotopic (exact) mass is 363 g/mol. The summed E-state index contributed by atoms with van der Waals surface area (Å²) >= 11 is 3.46. The summed E-state index contributed by atoms with van der Waals surface area (Å²) in [6.45, 7) is 0. The smallest absolute Gasteiger partial charge is 0.344 e. The molecular formula is C16H14BrNO4. The number of fused-ring (bicyclic) bond motifs is 1. The molecule has 0 fully saturated rings. The third kappa shape index (κ3) is 2.39. The summed E-state index contributed by atoms with van der Waals surface area (Å²) in [6, 6.07) is 11.2. The Labute approximate surface area is 136 Å². The maximum absolute atomic E-state index is 12.2. The first-order chi connectivity index (χ1) is 10.7. The Hall–Kier alpha value is -2.21. The van der Waals surface area contributed by atoms with Crippen LogP contribution in [-0.4, -0.2) is 20.2 Å². The number of hydrogen-bond acceptors (Lipinski definition) is 5. The minimum atomic E-state index is -0.569. The van der Waals surface area contributed by atoms with Gasteiger partial charge in [0.25, 0.3) is 0 Å². The van der Waals surface area contributed by atoms with Crippen molar-refractivity contribution in [1.82, 2.24) is 0 Å². The van der Waals surface area contributed by atoms with Crippen LogP contribution < -0.4 is 14.8 Å². The van der Waals surface area contributed by atoms with Crippen molar-refractivity contribution in [3.05, 3.63) is 52.0 Å². The van der Waals surface area contributed by atoms with Crippen LogP contribution in [0.1, 0.15) is 22.1 Å². The van der Waals surface area contributed by atoms with Crippen molar-refractivity contribution in [2.75, 3.05) is 19.5 Å². The number of para-hydroxylation sites is 1. The van der Waals surface area contributed by atoms with Gasteiger partial charge in [0.2, 0.25) is 6.23 Å². The predicted molar refractivity (Wildman–Crippen MR) is 85.5 cm³/mol. The first-order valence-electron chi connectivity index (χ1n) is 6.62. The SMILES string of the molecule is COc1ccc2c(c1OC)C(=O)O[C@H]2Nc1ccccc1Br. The summed E-state index contributed by atoms with van der Waals surface area (Å²) in [5.74, 6) is 0.455. The molecule has 22 heavy (non-hydrogen) atoms. The predicted octanol–water partition coefficient (Wildman–Crippen LogP) is 3.75. The molecule has 0 radical (unpaired) electrons. The van der Waals surface area contributed by atoms with Gasteiger partial charge < -0.3 is 19.5 Å². The second-order valence-corrected chi connectivity index (χ2v) is 5.53.